The van der Waals surface area contributed by atoms with Gasteiger partial charge in [-0.3, -0.25) is 9.69 Å². The molecule has 2 aliphatic carbocycles. The van der Waals surface area contributed by atoms with Gasteiger partial charge in [-0.1, -0.05) is 38.0 Å². The standard InChI is InChI=1S/C13H13FN2O.C6H4/c1-4-9-5-6-15-12(11(9)14)16-8-13(2,3)7-10(16)17;1-2-5-4-6(5)3-1/h1,5-6H,7-8H2,2-3H3;1-4H. The van der Waals surface area contributed by atoms with Crippen molar-refractivity contribution in [2.75, 3.05) is 11.4 Å². The fraction of sp³-hybridized carbons (Fsp3) is 0.263. The molecule has 1 saturated heterocycles. The normalized spacial score (nSPS) is 16.4. The summed E-state index contributed by atoms with van der Waals surface area (Å²) >= 11 is 0. The first-order valence-corrected chi connectivity index (χ1v) is 7.43. The monoisotopic (exact) mass is 308 g/mol. The van der Waals surface area contributed by atoms with Crippen LogP contribution in [-0.4, -0.2) is 17.4 Å². The average Bonchev–Trinajstić information content (AvgIpc) is 2.99. The summed E-state index contributed by atoms with van der Waals surface area (Å²) in [5.74, 6) is 1.57. The molecule has 116 valence electrons. The molecule has 0 unspecified atom stereocenters. The average molecular weight is 308 g/mol. The van der Waals surface area contributed by atoms with Gasteiger partial charge in [0.1, 0.15) is 0 Å². The van der Waals surface area contributed by atoms with Crippen LogP contribution >= 0.6 is 0 Å². The minimum Gasteiger partial charge on any atom is -0.294 e. The van der Waals surface area contributed by atoms with E-state index in [9.17, 15) is 9.18 Å². The Balaban J connectivity index is 0.000000213. The van der Waals surface area contributed by atoms with E-state index in [4.69, 9.17) is 6.42 Å². The molecule has 23 heavy (non-hydrogen) atoms. The SMILES string of the molecule is C#Cc1ccnc(N2CC(C)(C)CC2=O)c1F.c1cc2cc-2c1. The number of fused-ring (bicyclic) bond motifs is 1. The summed E-state index contributed by atoms with van der Waals surface area (Å²) in [4.78, 5) is 17.1. The Morgan fingerprint density at radius 3 is 2.43 bits per heavy atom. The van der Waals surface area contributed by atoms with E-state index in [1.54, 1.807) is 0 Å². The van der Waals surface area contributed by atoms with E-state index in [0.717, 1.165) is 0 Å². The molecule has 0 saturated carbocycles. The molecular weight excluding hydrogens is 291 g/mol. The molecule has 3 aliphatic rings. The third-order valence-corrected chi connectivity index (χ3v) is 3.91. The number of halogens is 1. The zero-order valence-electron chi connectivity index (χ0n) is 13.1. The van der Waals surface area contributed by atoms with Gasteiger partial charge in [0.25, 0.3) is 0 Å². The van der Waals surface area contributed by atoms with Gasteiger partial charge in [0, 0.05) is 19.2 Å². The maximum Gasteiger partial charge on any atom is 0.228 e. The first-order chi connectivity index (χ1) is 10.9. The number of hydrogen-bond acceptors (Lipinski definition) is 2. The predicted molar refractivity (Wildman–Crippen MR) is 88.3 cm³/mol. The molecule has 1 fully saturated rings. The van der Waals surface area contributed by atoms with Crippen molar-refractivity contribution in [3.63, 3.8) is 0 Å². The van der Waals surface area contributed by atoms with Crippen molar-refractivity contribution in [1.82, 2.24) is 4.98 Å². The lowest BCUT2D eigenvalue weighted by molar-refractivity contribution is -0.117. The summed E-state index contributed by atoms with van der Waals surface area (Å²) in [6.07, 6.45) is 7.00. The van der Waals surface area contributed by atoms with Crippen molar-refractivity contribution in [2.24, 2.45) is 5.41 Å². The lowest BCUT2D eigenvalue weighted by Gasteiger charge is -2.19. The van der Waals surface area contributed by atoms with Crippen LogP contribution in [0, 0.1) is 23.6 Å². The molecule has 0 spiro atoms. The quantitative estimate of drug-likeness (QED) is 0.643. The van der Waals surface area contributed by atoms with Gasteiger partial charge < -0.3 is 0 Å². The van der Waals surface area contributed by atoms with Gasteiger partial charge >= 0.3 is 0 Å². The van der Waals surface area contributed by atoms with Crippen LogP contribution in [0.15, 0.2) is 36.5 Å². The summed E-state index contributed by atoms with van der Waals surface area (Å²) in [6, 6.07) is 9.90. The van der Waals surface area contributed by atoms with Crippen molar-refractivity contribution in [2.45, 2.75) is 20.3 Å². The molecule has 0 N–H and O–H groups in total. The van der Waals surface area contributed by atoms with Crippen LogP contribution in [0.1, 0.15) is 25.8 Å². The molecule has 1 aliphatic heterocycles. The molecule has 4 rings (SSSR count). The van der Waals surface area contributed by atoms with E-state index in [0.29, 0.717) is 13.0 Å². The zero-order valence-corrected chi connectivity index (χ0v) is 13.1. The molecular formula is C19H17FN2O. The molecule has 0 atom stereocenters. The van der Waals surface area contributed by atoms with Gasteiger partial charge in [-0.2, -0.15) is 0 Å². The number of pyridine rings is 1. The highest BCUT2D eigenvalue weighted by molar-refractivity contribution is 5.95. The zero-order chi connectivity index (χ0) is 16.6. The lowest BCUT2D eigenvalue weighted by atomic mass is 9.93. The highest BCUT2D eigenvalue weighted by atomic mass is 19.1. The number of aromatic nitrogens is 1. The van der Waals surface area contributed by atoms with E-state index in [1.165, 1.54) is 28.3 Å². The third-order valence-electron chi connectivity index (χ3n) is 3.91. The summed E-state index contributed by atoms with van der Waals surface area (Å²) in [7, 11) is 0. The number of terminal acetylenes is 1. The highest BCUT2D eigenvalue weighted by Crippen LogP contribution is 2.34. The van der Waals surface area contributed by atoms with Crippen LogP contribution in [0.3, 0.4) is 0 Å². The van der Waals surface area contributed by atoms with E-state index < -0.39 is 5.82 Å². The van der Waals surface area contributed by atoms with Crippen LogP contribution in [0.5, 0.6) is 0 Å². The van der Waals surface area contributed by atoms with Gasteiger partial charge in [-0.05, 0) is 28.7 Å². The minimum atomic E-state index is -0.596. The van der Waals surface area contributed by atoms with E-state index in [-0.39, 0.29) is 22.7 Å². The van der Waals surface area contributed by atoms with Gasteiger partial charge in [0.05, 0.1) is 5.56 Å². The topological polar surface area (TPSA) is 33.2 Å². The van der Waals surface area contributed by atoms with Gasteiger partial charge in [0.2, 0.25) is 5.91 Å². The van der Waals surface area contributed by atoms with Crippen molar-refractivity contribution in [3.05, 3.63) is 47.9 Å². The predicted octanol–water partition coefficient (Wildman–Crippen LogP) is 3.63. The Kier molecular flexibility index (Phi) is 3.65. The highest BCUT2D eigenvalue weighted by Gasteiger charge is 2.38. The van der Waals surface area contributed by atoms with Crippen LogP contribution in [-0.2, 0) is 4.79 Å². The Morgan fingerprint density at radius 1 is 1.30 bits per heavy atom. The van der Waals surface area contributed by atoms with Gasteiger partial charge in [-0.15, -0.1) is 6.42 Å². The smallest absolute Gasteiger partial charge is 0.228 e. The first-order valence-electron chi connectivity index (χ1n) is 7.43. The largest absolute Gasteiger partial charge is 0.294 e. The molecule has 0 bridgehead atoms. The third kappa shape index (κ3) is 3.09. The number of benzene rings is 1. The van der Waals surface area contributed by atoms with Crippen molar-refractivity contribution >= 4 is 11.7 Å². The number of anilines is 1. The fourth-order valence-electron chi connectivity index (χ4n) is 2.68. The number of nitrogens with zero attached hydrogens (tertiary/aromatic N) is 2. The summed E-state index contributed by atoms with van der Waals surface area (Å²) in [6.45, 7) is 4.39. The van der Waals surface area contributed by atoms with Crippen LogP contribution in [0.2, 0.25) is 0 Å². The summed E-state index contributed by atoms with van der Waals surface area (Å²) in [5.41, 5.74) is 2.83. The Hall–Kier alpha value is -2.67. The van der Waals surface area contributed by atoms with Crippen LogP contribution in [0.4, 0.5) is 10.2 Å². The van der Waals surface area contributed by atoms with Crippen molar-refractivity contribution in [1.29, 1.82) is 0 Å². The Labute approximate surface area is 135 Å². The maximum absolute atomic E-state index is 14.0. The second-order valence-corrected chi connectivity index (χ2v) is 6.54. The molecule has 0 aromatic carbocycles. The second kappa shape index (κ2) is 5.51. The van der Waals surface area contributed by atoms with E-state index >= 15 is 0 Å². The molecule has 2 heterocycles. The number of amides is 1. The minimum absolute atomic E-state index is 0.0380. The van der Waals surface area contributed by atoms with Crippen LogP contribution in [0.25, 0.3) is 11.1 Å². The van der Waals surface area contributed by atoms with Crippen molar-refractivity contribution in [3.8, 4) is 23.5 Å². The lowest BCUT2D eigenvalue weighted by Crippen LogP contribution is -2.28. The Bertz CT molecular complexity index is 803. The first kappa shape index (κ1) is 15.2. The second-order valence-electron chi connectivity index (χ2n) is 6.54. The summed E-state index contributed by atoms with van der Waals surface area (Å²) in [5, 5.41) is 0. The molecule has 1 aromatic heterocycles. The number of hydrogen-bond donors (Lipinski definition) is 0. The molecule has 4 heteroatoms. The fourth-order valence-corrected chi connectivity index (χ4v) is 2.68. The van der Waals surface area contributed by atoms with Crippen LogP contribution < -0.4 is 4.90 Å². The van der Waals surface area contributed by atoms with Gasteiger partial charge in [-0.25, -0.2) is 9.37 Å². The number of carbonyl (C=O) groups is 1. The van der Waals surface area contributed by atoms with Crippen molar-refractivity contribution < 1.29 is 9.18 Å². The van der Waals surface area contributed by atoms with E-state index in [1.807, 2.05) is 13.8 Å². The number of rotatable bonds is 1. The number of carbonyl (C=O) groups excluding carboxylic acids is 1. The van der Waals surface area contributed by atoms with Gasteiger partial charge in [0.15, 0.2) is 11.6 Å². The maximum atomic E-state index is 14.0. The molecule has 1 aromatic rings. The Morgan fingerprint density at radius 2 is 2.00 bits per heavy atom. The molecule has 3 nitrogen and oxygen atoms in total. The molecule has 1 amide bonds. The van der Waals surface area contributed by atoms with E-state index in [2.05, 4.69) is 35.2 Å². The molecule has 0 radical (unpaired) electrons. The summed E-state index contributed by atoms with van der Waals surface area (Å²) < 4.78 is 14.0.